The Morgan fingerprint density at radius 1 is 1.59 bits per heavy atom. The van der Waals surface area contributed by atoms with Crippen LogP contribution >= 0.6 is 0 Å². The van der Waals surface area contributed by atoms with Gasteiger partial charge >= 0.3 is 0 Å². The number of aromatic nitrogens is 1. The van der Waals surface area contributed by atoms with E-state index in [2.05, 4.69) is 4.99 Å². The van der Waals surface area contributed by atoms with E-state index in [0.29, 0.717) is 24.3 Å². The second-order valence-electron chi connectivity index (χ2n) is 3.85. The summed E-state index contributed by atoms with van der Waals surface area (Å²) in [5, 5.41) is 9.21. The number of pyridine rings is 1. The normalized spacial score (nSPS) is 18.7. The van der Waals surface area contributed by atoms with E-state index in [9.17, 15) is 14.7 Å². The van der Waals surface area contributed by atoms with Crippen molar-refractivity contribution in [3.63, 3.8) is 0 Å². The highest BCUT2D eigenvalue weighted by Crippen LogP contribution is 2.31. The Hall–Kier alpha value is -1.95. The molecule has 0 fully saturated rings. The number of likely N-dealkylation sites (N-methyl/N-ethyl adjacent to an activating group) is 1. The lowest BCUT2D eigenvalue weighted by molar-refractivity contribution is -0.102. The van der Waals surface area contributed by atoms with Crippen LogP contribution in [0, 0.1) is 0 Å². The lowest BCUT2D eigenvalue weighted by atomic mass is 10.3. The van der Waals surface area contributed by atoms with Crippen LogP contribution in [-0.4, -0.2) is 41.9 Å². The highest BCUT2D eigenvalue weighted by Gasteiger charge is 2.28. The lowest BCUT2D eigenvalue weighted by Crippen LogP contribution is -2.31. The summed E-state index contributed by atoms with van der Waals surface area (Å²) in [7, 11) is 1.79. The van der Waals surface area contributed by atoms with Gasteiger partial charge in [-0.05, 0) is 6.07 Å². The SMILES string of the molecule is CN1c2c(N=CC=O)ccc(=O)n2CC1CO. The molecule has 2 rings (SSSR count). The van der Waals surface area contributed by atoms with Gasteiger partial charge in [-0.3, -0.25) is 14.2 Å². The van der Waals surface area contributed by atoms with Gasteiger partial charge in [-0.1, -0.05) is 0 Å². The fourth-order valence-corrected chi connectivity index (χ4v) is 2.00. The van der Waals surface area contributed by atoms with Gasteiger partial charge in [0.2, 0.25) is 0 Å². The van der Waals surface area contributed by atoms with E-state index in [1.807, 2.05) is 0 Å². The molecule has 0 saturated heterocycles. The number of aliphatic imine (C=N–C) groups is 1. The molecule has 0 aliphatic carbocycles. The van der Waals surface area contributed by atoms with Gasteiger partial charge in [0.25, 0.3) is 5.56 Å². The van der Waals surface area contributed by atoms with Crippen molar-refractivity contribution in [3.8, 4) is 0 Å². The molecule has 17 heavy (non-hydrogen) atoms. The molecule has 0 radical (unpaired) electrons. The van der Waals surface area contributed by atoms with Gasteiger partial charge in [-0.15, -0.1) is 0 Å². The summed E-state index contributed by atoms with van der Waals surface area (Å²) in [6, 6.07) is 2.86. The second kappa shape index (κ2) is 4.50. The molecule has 1 atom stereocenters. The Bertz CT molecular complexity index is 521. The second-order valence-corrected chi connectivity index (χ2v) is 3.85. The molecule has 0 bridgehead atoms. The predicted octanol–water partition coefficient (Wildman–Crippen LogP) is -0.440. The molecule has 6 heteroatoms. The summed E-state index contributed by atoms with van der Waals surface area (Å²) in [6.07, 6.45) is 1.72. The van der Waals surface area contributed by atoms with E-state index < -0.39 is 0 Å². The van der Waals surface area contributed by atoms with E-state index in [1.54, 1.807) is 22.6 Å². The van der Waals surface area contributed by atoms with Gasteiger partial charge in [0.05, 0.1) is 25.4 Å². The molecular formula is C11H13N3O3. The topological polar surface area (TPSA) is 74.9 Å². The summed E-state index contributed by atoms with van der Waals surface area (Å²) in [5.74, 6) is 0.634. The van der Waals surface area contributed by atoms with Crippen LogP contribution in [0.15, 0.2) is 21.9 Å². The van der Waals surface area contributed by atoms with Crippen LogP contribution in [0.5, 0.6) is 0 Å². The average molecular weight is 235 g/mol. The van der Waals surface area contributed by atoms with Crippen LogP contribution in [0.1, 0.15) is 0 Å². The molecule has 90 valence electrons. The summed E-state index contributed by atoms with van der Waals surface area (Å²) in [5.41, 5.74) is 0.419. The van der Waals surface area contributed by atoms with Gasteiger partial charge in [-0.2, -0.15) is 0 Å². The third-order valence-corrected chi connectivity index (χ3v) is 2.89. The van der Waals surface area contributed by atoms with E-state index in [-0.39, 0.29) is 18.2 Å². The van der Waals surface area contributed by atoms with E-state index in [1.165, 1.54) is 6.07 Å². The van der Waals surface area contributed by atoms with Crippen molar-refractivity contribution in [3.05, 3.63) is 22.5 Å². The zero-order valence-corrected chi connectivity index (χ0v) is 9.41. The van der Waals surface area contributed by atoms with Crippen LogP contribution in [0.25, 0.3) is 0 Å². The number of carbonyl (C=O) groups excluding carboxylic acids is 1. The molecule has 0 aromatic carbocycles. The first-order valence-corrected chi connectivity index (χ1v) is 5.24. The number of fused-ring (bicyclic) bond motifs is 1. The minimum atomic E-state index is -0.132. The van der Waals surface area contributed by atoms with Crippen molar-refractivity contribution in [1.82, 2.24) is 4.57 Å². The third-order valence-electron chi connectivity index (χ3n) is 2.89. The molecule has 6 nitrogen and oxygen atoms in total. The molecule has 0 amide bonds. The minimum absolute atomic E-state index is 0.0333. The van der Waals surface area contributed by atoms with Gasteiger partial charge < -0.3 is 10.0 Å². The molecule has 1 aromatic rings. The highest BCUT2D eigenvalue weighted by atomic mass is 16.3. The Labute approximate surface area is 97.8 Å². The molecule has 1 N–H and O–H groups in total. The molecule has 1 aliphatic rings. The number of aliphatic hydroxyl groups is 1. The van der Waals surface area contributed by atoms with Crippen molar-refractivity contribution in [1.29, 1.82) is 0 Å². The molecule has 1 aromatic heterocycles. The first-order valence-electron chi connectivity index (χ1n) is 5.24. The van der Waals surface area contributed by atoms with Gasteiger partial charge in [0.15, 0.2) is 6.29 Å². The Morgan fingerprint density at radius 3 is 3.00 bits per heavy atom. The van der Waals surface area contributed by atoms with E-state index in [4.69, 9.17) is 0 Å². The van der Waals surface area contributed by atoms with Gasteiger partial charge in [0, 0.05) is 13.1 Å². The quantitative estimate of drug-likeness (QED) is 0.569. The van der Waals surface area contributed by atoms with Crippen LogP contribution < -0.4 is 10.5 Å². The lowest BCUT2D eigenvalue weighted by Gasteiger charge is -2.19. The van der Waals surface area contributed by atoms with Gasteiger partial charge in [0.1, 0.15) is 11.5 Å². The number of hydrogen-bond donors (Lipinski definition) is 1. The number of aldehydes is 1. The summed E-state index contributed by atoms with van der Waals surface area (Å²) >= 11 is 0. The smallest absolute Gasteiger partial charge is 0.252 e. The number of aliphatic hydroxyl groups excluding tert-OH is 1. The number of nitrogens with zero attached hydrogens (tertiary/aromatic N) is 3. The fraction of sp³-hybridized carbons (Fsp3) is 0.364. The van der Waals surface area contributed by atoms with E-state index >= 15 is 0 Å². The number of hydrogen-bond acceptors (Lipinski definition) is 5. The monoisotopic (exact) mass is 235 g/mol. The summed E-state index contributed by atoms with van der Waals surface area (Å²) in [6.45, 7) is 0.403. The first-order chi connectivity index (χ1) is 8.19. The highest BCUT2D eigenvalue weighted by molar-refractivity contribution is 6.13. The van der Waals surface area contributed by atoms with Gasteiger partial charge in [-0.25, -0.2) is 4.99 Å². The maximum absolute atomic E-state index is 11.7. The van der Waals surface area contributed by atoms with Crippen molar-refractivity contribution < 1.29 is 9.90 Å². The molecule has 0 spiro atoms. The minimum Gasteiger partial charge on any atom is -0.394 e. The van der Waals surface area contributed by atoms with Crippen LogP contribution in [-0.2, 0) is 11.3 Å². The van der Waals surface area contributed by atoms with Crippen molar-refractivity contribution in [2.75, 3.05) is 18.6 Å². The van der Waals surface area contributed by atoms with E-state index in [0.717, 1.165) is 6.21 Å². The Morgan fingerprint density at radius 2 is 2.35 bits per heavy atom. The summed E-state index contributed by atoms with van der Waals surface area (Å²) in [4.78, 5) is 27.7. The first kappa shape index (κ1) is 11.5. The Balaban J connectivity index is 2.54. The zero-order chi connectivity index (χ0) is 12.4. The van der Waals surface area contributed by atoms with Crippen LogP contribution in [0.4, 0.5) is 11.5 Å². The number of rotatable bonds is 3. The Kier molecular flexibility index (Phi) is 3.06. The molecule has 2 heterocycles. The fourth-order valence-electron chi connectivity index (χ4n) is 2.00. The summed E-state index contributed by atoms with van der Waals surface area (Å²) < 4.78 is 1.55. The molecule has 0 saturated carbocycles. The molecule has 1 aliphatic heterocycles. The van der Waals surface area contributed by atoms with Crippen molar-refractivity contribution in [2.45, 2.75) is 12.6 Å². The molecular weight excluding hydrogens is 222 g/mol. The maximum atomic E-state index is 11.7. The average Bonchev–Trinajstić information content (AvgIpc) is 2.67. The third kappa shape index (κ3) is 1.87. The zero-order valence-electron chi connectivity index (χ0n) is 9.41. The van der Waals surface area contributed by atoms with Crippen molar-refractivity contribution >= 4 is 24.0 Å². The van der Waals surface area contributed by atoms with Crippen molar-refractivity contribution in [2.24, 2.45) is 4.99 Å². The van der Waals surface area contributed by atoms with Crippen LogP contribution in [0.2, 0.25) is 0 Å². The largest absolute Gasteiger partial charge is 0.394 e. The number of anilines is 1. The molecule has 1 unspecified atom stereocenters. The maximum Gasteiger partial charge on any atom is 0.252 e. The predicted molar refractivity (Wildman–Crippen MR) is 64.2 cm³/mol. The number of carbonyl (C=O) groups is 1. The standard InChI is InChI=1S/C11H13N3O3/c1-13-8(7-16)6-14-10(17)3-2-9(11(13)14)12-4-5-15/h2-5,8,16H,6-7H2,1H3. The van der Waals surface area contributed by atoms with Crippen LogP contribution in [0.3, 0.4) is 0 Å².